The maximum Gasteiger partial charge on any atom is 0.263 e. The van der Waals surface area contributed by atoms with E-state index in [1.807, 2.05) is 13.8 Å². The first-order chi connectivity index (χ1) is 6.13. The first-order valence-electron chi connectivity index (χ1n) is 4.75. The van der Waals surface area contributed by atoms with Gasteiger partial charge in [-0.1, -0.05) is 27.2 Å². The average molecular weight is 188 g/mol. The Morgan fingerprint density at radius 1 is 1.54 bits per heavy atom. The fourth-order valence-electron chi connectivity index (χ4n) is 1.01. The molecule has 1 unspecified atom stereocenters. The summed E-state index contributed by atoms with van der Waals surface area (Å²) in [6.07, 6.45) is 1.62. The number of rotatable bonds is 6. The fraction of sp³-hybridized carbons (Fsp3) is 0.889. The van der Waals surface area contributed by atoms with E-state index < -0.39 is 6.10 Å². The van der Waals surface area contributed by atoms with Crippen molar-refractivity contribution >= 4 is 5.91 Å². The smallest absolute Gasteiger partial charge is 0.263 e. The van der Waals surface area contributed by atoms with E-state index in [0.29, 0.717) is 6.61 Å². The van der Waals surface area contributed by atoms with Crippen molar-refractivity contribution in [1.82, 2.24) is 5.43 Å². The van der Waals surface area contributed by atoms with Crippen molar-refractivity contribution in [3.05, 3.63) is 0 Å². The van der Waals surface area contributed by atoms with Crippen LogP contribution in [-0.2, 0) is 9.53 Å². The van der Waals surface area contributed by atoms with Crippen molar-refractivity contribution in [2.75, 3.05) is 6.61 Å². The second-order valence-corrected chi connectivity index (χ2v) is 3.40. The molecular weight excluding hydrogens is 168 g/mol. The van der Waals surface area contributed by atoms with E-state index in [0.717, 1.165) is 12.8 Å². The molecule has 0 spiro atoms. The molecule has 78 valence electrons. The van der Waals surface area contributed by atoms with E-state index in [9.17, 15) is 4.79 Å². The molecule has 0 heterocycles. The first-order valence-corrected chi connectivity index (χ1v) is 4.75. The number of amides is 1. The average Bonchev–Trinajstić information content (AvgIpc) is 2.11. The van der Waals surface area contributed by atoms with Gasteiger partial charge in [-0.25, -0.2) is 5.84 Å². The second kappa shape index (κ2) is 6.86. The van der Waals surface area contributed by atoms with Crippen LogP contribution in [0.2, 0.25) is 0 Å². The Labute approximate surface area is 79.8 Å². The summed E-state index contributed by atoms with van der Waals surface area (Å²) in [6, 6.07) is 0. The molecule has 0 aromatic heterocycles. The van der Waals surface area contributed by atoms with Gasteiger partial charge in [-0.2, -0.15) is 0 Å². The largest absolute Gasteiger partial charge is 0.368 e. The van der Waals surface area contributed by atoms with Crippen LogP contribution in [0.1, 0.15) is 33.6 Å². The summed E-state index contributed by atoms with van der Waals surface area (Å²) in [5.74, 6) is 4.94. The molecule has 0 bridgehead atoms. The molecule has 0 aliphatic heterocycles. The molecule has 0 aliphatic rings. The van der Waals surface area contributed by atoms with Crippen LogP contribution in [0, 0.1) is 5.92 Å². The van der Waals surface area contributed by atoms with E-state index in [4.69, 9.17) is 10.6 Å². The Kier molecular flexibility index (Phi) is 6.54. The minimum Gasteiger partial charge on any atom is -0.368 e. The molecule has 0 aromatic rings. The first kappa shape index (κ1) is 12.4. The number of unbranched alkanes of at least 4 members (excludes halogenated alkanes) is 1. The maximum atomic E-state index is 11.2. The number of hydrogen-bond donors (Lipinski definition) is 2. The third-order valence-electron chi connectivity index (χ3n) is 1.80. The van der Waals surface area contributed by atoms with Crippen LogP contribution in [0.4, 0.5) is 0 Å². The van der Waals surface area contributed by atoms with E-state index >= 15 is 0 Å². The Bertz CT molecular complexity index is 149. The van der Waals surface area contributed by atoms with Gasteiger partial charge in [0.2, 0.25) is 0 Å². The lowest BCUT2D eigenvalue weighted by atomic mass is 10.1. The van der Waals surface area contributed by atoms with Crippen LogP contribution in [-0.4, -0.2) is 18.6 Å². The van der Waals surface area contributed by atoms with E-state index in [1.54, 1.807) is 0 Å². The molecule has 1 amide bonds. The van der Waals surface area contributed by atoms with Crippen LogP contribution >= 0.6 is 0 Å². The monoisotopic (exact) mass is 188 g/mol. The van der Waals surface area contributed by atoms with Crippen molar-refractivity contribution in [3.8, 4) is 0 Å². The van der Waals surface area contributed by atoms with Gasteiger partial charge < -0.3 is 4.74 Å². The molecule has 0 saturated carbocycles. The zero-order valence-corrected chi connectivity index (χ0v) is 8.67. The summed E-state index contributed by atoms with van der Waals surface area (Å²) >= 11 is 0. The molecule has 0 aliphatic carbocycles. The van der Waals surface area contributed by atoms with Crippen molar-refractivity contribution in [3.63, 3.8) is 0 Å². The molecule has 0 aromatic carbocycles. The minimum absolute atomic E-state index is 0.153. The van der Waals surface area contributed by atoms with Gasteiger partial charge >= 0.3 is 0 Å². The van der Waals surface area contributed by atoms with Crippen LogP contribution in [0.15, 0.2) is 0 Å². The van der Waals surface area contributed by atoms with E-state index in [1.165, 1.54) is 0 Å². The van der Waals surface area contributed by atoms with Gasteiger partial charge in [0.25, 0.3) is 5.91 Å². The Balaban J connectivity index is 3.88. The highest BCUT2D eigenvalue weighted by Crippen LogP contribution is 2.07. The van der Waals surface area contributed by atoms with Crippen LogP contribution < -0.4 is 11.3 Å². The molecule has 4 nitrogen and oxygen atoms in total. The minimum atomic E-state index is -0.420. The van der Waals surface area contributed by atoms with Crippen molar-refractivity contribution < 1.29 is 9.53 Å². The van der Waals surface area contributed by atoms with Gasteiger partial charge in [0.05, 0.1) is 0 Å². The molecule has 0 rings (SSSR count). The van der Waals surface area contributed by atoms with Gasteiger partial charge in [-0.3, -0.25) is 10.2 Å². The summed E-state index contributed by atoms with van der Waals surface area (Å²) in [5, 5.41) is 0. The molecule has 3 N–H and O–H groups in total. The molecule has 4 heteroatoms. The fourth-order valence-corrected chi connectivity index (χ4v) is 1.01. The number of hydrazine groups is 1. The van der Waals surface area contributed by atoms with Crippen molar-refractivity contribution in [1.29, 1.82) is 0 Å². The van der Waals surface area contributed by atoms with Gasteiger partial charge in [0.1, 0.15) is 6.10 Å². The van der Waals surface area contributed by atoms with Crippen LogP contribution in [0.25, 0.3) is 0 Å². The summed E-state index contributed by atoms with van der Waals surface area (Å²) in [5.41, 5.74) is 2.11. The number of carbonyl (C=O) groups is 1. The normalized spacial score (nSPS) is 13.0. The zero-order valence-electron chi connectivity index (χ0n) is 8.67. The Hall–Kier alpha value is -0.610. The second-order valence-electron chi connectivity index (χ2n) is 3.40. The SMILES string of the molecule is CCCCOC(C(=O)NN)C(C)C. The lowest BCUT2D eigenvalue weighted by Gasteiger charge is -2.19. The Morgan fingerprint density at radius 3 is 2.54 bits per heavy atom. The highest BCUT2D eigenvalue weighted by atomic mass is 16.5. The van der Waals surface area contributed by atoms with Crippen LogP contribution in [0.5, 0.6) is 0 Å². The lowest BCUT2D eigenvalue weighted by Crippen LogP contribution is -2.43. The molecule has 13 heavy (non-hydrogen) atoms. The highest BCUT2D eigenvalue weighted by Gasteiger charge is 2.21. The van der Waals surface area contributed by atoms with Gasteiger partial charge in [-0.15, -0.1) is 0 Å². The molecule has 0 radical (unpaired) electrons. The molecule has 1 atom stereocenters. The standard InChI is InChI=1S/C9H20N2O2/c1-4-5-6-13-8(7(2)3)9(12)11-10/h7-8H,4-6,10H2,1-3H3,(H,11,12). The van der Waals surface area contributed by atoms with Crippen molar-refractivity contribution in [2.45, 2.75) is 39.7 Å². The topological polar surface area (TPSA) is 64.3 Å². The number of hydrogen-bond acceptors (Lipinski definition) is 3. The summed E-state index contributed by atoms with van der Waals surface area (Å²) in [4.78, 5) is 11.2. The third-order valence-corrected chi connectivity index (χ3v) is 1.80. The van der Waals surface area contributed by atoms with Gasteiger partial charge in [0.15, 0.2) is 0 Å². The molecule has 0 saturated heterocycles. The lowest BCUT2D eigenvalue weighted by molar-refractivity contribution is -0.135. The summed E-state index contributed by atoms with van der Waals surface area (Å²) in [6.45, 7) is 6.57. The van der Waals surface area contributed by atoms with Crippen molar-refractivity contribution in [2.24, 2.45) is 11.8 Å². The van der Waals surface area contributed by atoms with Crippen LogP contribution in [0.3, 0.4) is 0 Å². The number of carbonyl (C=O) groups excluding carboxylic acids is 1. The highest BCUT2D eigenvalue weighted by molar-refractivity contribution is 5.80. The van der Waals surface area contributed by atoms with Gasteiger partial charge in [0, 0.05) is 6.61 Å². The van der Waals surface area contributed by atoms with E-state index in [-0.39, 0.29) is 11.8 Å². The quantitative estimate of drug-likeness (QED) is 0.281. The summed E-state index contributed by atoms with van der Waals surface area (Å²) < 4.78 is 5.40. The Morgan fingerprint density at radius 2 is 2.15 bits per heavy atom. The van der Waals surface area contributed by atoms with Gasteiger partial charge in [-0.05, 0) is 12.3 Å². The third kappa shape index (κ3) is 4.85. The molecule has 0 fully saturated rings. The summed E-state index contributed by atoms with van der Waals surface area (Å²) in [7, 11) is 0. The number of nitrogens with one attached hydrogen (secondary N) is 1. The maximum absolute atomic E-state index is 11.2. The number of ether oxygens (including phenoxy) is 1. The van der Waals surface area contributed by atoms with E-state index in [2.05, 4.69) is 12.3 Å². The predicted molar refractivity (Wildman–Crippen MR) is 51.8 cm³/mol. The zero-order chi connectivity index (χ0) is 10.3. The predicted octanol–water partition coefficient (Wildman–Crippen LogP) is 0.818. The number of nitrogens with two attached hydrogens (primary N) is 1. The molecular formula is C9H20N2O2.